The van der Waals surface area contributed by atoms with Gasteiger partial charge in [-0.1, -0.05) is 24.3 Å². The molecule has 0 aliphatic carbocycles. The molecular weight excluding hydrogens is 398 g/mol. The number of nitrogens with two attached hydrogens (primary N) is 1. The number of hydrogen-bond acceptors (Lipinski definition) is 5. The fourth-order valence-electron chi connectivity index (χ4n) is 3.65. The molecule has 0 saturated carbocycles. The second kappa shape index (κ2) is 9.97. The molecule has 2 aromatic rings. The van der Waals surface area contributed by atoms with E-state index in [0.29, 0.717) is 24.5 Å². The van der Waals surface area contributed by atoms with Crippen LogP contribution in [0.15, 0.2) is 48.5 Å². The molecule has 0 radical (unpaired) electrons. The number of benzene rings is 2. The van der Waals surface area contributed by atoms with Gasteiger partial charge in [-0.3, -0.25) is 14.4 Å². The van der Waals surface area contributed by atoms with Gasteiger partial charge >= 0.3 is 0 Å². The number of nitrogens with zero attached hydrogens (tertiary/aromatic N) is 2. The molecule has 0 spiro atoms. The first-order valence-corrected chi connectivity index (χ1v) is 10.0. The summed E-state index contributed by atoms with van der Waals surface area (Å²) in [5.74, 6) is 0.377. The SMILES string of the molecule is COc1ccc(CC(C(N)=O)N2CCN(C(=O)Cc3cccc(OC)c3)CC2=O)cc1. The first-order valence-electron chi connectivity index (χ1n) is 10.0. The number of hydrogen-bond donors (Lipinski definition) is 1. The first-order chi connectivity index (χ1) is 14.9. The molecule has 3 rings (SSSR count). The van der Waals surface area contributed by atoms with Gasteiger partial charge in [-0.25, -0.2) is 0 Å². The maximum Gasteiger partial charge on any atom is 0.242 e. The molecule has 2 aromatic carbocycles. The lowest BCUT2D eigenvalue weighted by atomic mass is 10.0. The van der Waals surface area contributed by atoms with Crippen molar-refractivity contribution in [1.82, 2.24) is 9.80 Å². The molecule has 0 aromatic heterocycles. The van der Waals surface area contributed by atoms with Crippen LogP contribution in [0, 0.1) is 0 Å². The summed E-state index contributed by atoms with van der Waals surface area (Å²) in [4.78, 5) is 40.6. The lowest BCUT2D eigenvalue weighted by molar-refractivity contribution is -0.149. The van der Waals surface area contributed by atoms with Crippen LogP contribution >= 0.6 is 0 Å². The summed E-state index contributed by atoms with van der Waals surface area (Å²) >= 11 is 0. The van der Waals surface area contributed by atoms with Gasteiger partial charge in [0.15, 0.2) is 0 Å². The minimum Gasteiger partial charge on any atom is -0.497 e. The molecule has 0 bridgehead atoms. The molecule has 1 aliphatic heterocycles. The van der Waals surface area contributed by atoms with E-state index < -0.39 is 11.9 Å². The highest BCUT2D eigenvalue weighted by Crippen LogP contribution is 2.18. The van der Waals surface area contributed by atoms with E-state index in [9.17, 15) is 14.4 Å². The van der Waals surface area contributed by atoms with E-state index >= 15 is 0 Å². The van der Waals surface area contributed by atoms with E-state index in [1.807, 2.05) is 30.3 Å². The number of carbonyl (C=O) groups is 3. The van der Waals surface area contributed by atoms with Crippen molar-refractivity contribution < 1.29 is 23.9 Å². The van der Waals surface area contributed by atoms with Crippen molar-refractivity contribution >= 4 is 17.7 Å². The summed E-state index contributed by atoms with van der Waals surface area (Å²) in [7, 11) is 3.15. The second-order valence-corrected chi connectivity index (χ2v) is 7.40. The third kappa shape index (κ3) is 5.53. The van der Waals surface area contributed by atoms with Crippen LogP contribution in [0.4, 0.5) is 0 Å². The monoisotopic (exact) mass is 425 g/mol. The van der Waals surface area contributed by atoms with Gasteiger partial charge in [-0.15, -0.1) is 0 Å². The Labute approximate surface area is 181 Å². The Kier molecular flexibility index (Phi) is 7.12. The molecule has 31 heavy (non-hydrogen) atoms. The van der Waals surface area contributed by atoms with Crippen molar-refractivity contribution in [1.29, 1.82) is 0 Å². The van der Waals surface area contributed by atoms with Gasteiger partial charge in [0.1, 0.15) is 17.5 Å². The third-order valence-electron chi connectivity index (χ3n) is 5.39. The maximum absolute atomic E-state index is 12.8. The number of ether oxygens (including phenoxy) is 2. The van der Waals surface area contributed by atoms with Crippen molar-refractivity contribution in [3.05, 3.63) is 59.7 Å². The number of primary amides is 1. The topological polar surface area (TPSA) is 102 Å². The molecule has 3 amide bonds. The number of carbonyl (C=O) groups excluding carboxylic acids is 3. The molecule has 8 heteroatoms. The largest absolute Gasteiger partial charge is 0.497 e. The Balaban J connectivity index is 1.63. The fourth-order valence-corrected chi connectivity index (χ4v) is 3.65. The minimum atomic E-state index is -0.767. The Morgan fingerprint density at radius 2 is 1.71 bits per heavy atom. The number of piperazine rings is 1. The number of rotatable bonds is 8. The highest BCUT2D eigenvalue weighted by atomic mass is 16.5. The summed E-state index contributed by atoms with van der Waals surface area (Å²) < 4.78 is 10.3. The lowest BCUT2D eigenvalue weighted by Crippen LogP contribution is -2.59. The normalized spacial score (nSPS) is 14.8. The van der Waals surface area contributed by atoms with Crippen LogP contribution in [0.1, 0.15) is 11.1 Å². The van der Waals surface area contributed by atoms with E-state index in [0.717, 1.165) is 11.1 Å². The molecule has 8 nitrogen and oxygen atoms in total. The van der Waals surface area contributed by atoms with Crippen LogP contribution in [0.25, 0.3) is 0 Å². The standard InChI is InChI=1S/C23H27N3O5/c1-30-18-8-6-16(7-9-18)13-20(23(24)29)26-11-10-25(15-22(26)28)21(27)14-17-4-3-5-19(12-17)31-2/h3-9,12,20H,10-11,13-15H2,1-2H3,(H2,24,29). The Morgan fingerprint density at radius 3 is 2.32 bits per heavy atom. The molecule has 2 N–H and O–H groups in total. The predicted molar refractivity (Wildman–Crippen MR) is 115 cm³/mol. The van der Waals surface area contributed by atoms with Crippen LogP contribution in [0.5, 0.6) is 11.5 Å². The smallest absolute Gasteiger partial charge is 0.242 e. The predicted octanol–water partition coefficient (Wildman–Crippen LogP) is 1.01. The van der Waals surface area contributed by atoms with E-state index in [1.54, 1.807) is 32.4 Å². The maximum atomic E-state index is 12.8. The third-order valence-corrected chi connectivity index (χ3v) is 5.39. The van der Waals surface area contributed by atoms with Crippen molar-refractivity contribution in [2.24, 2.45) is 5.73 Å². The summed E-state index contributed by atoms with van der Waals surface area (Å²) in [6, 6.07) is 13.8. The molecule has 1 aliphatic rings. The van der Waals surface area contributed by atoms with Gasteiger partial charge in [0, 0.05) is 19.5 Å². The van der Waals surface area contributed by atoms with E-state index in [1.165, 1.54) is 9.80 Å². The molecule has 1 heterocycles. The van der Waals surface area contributed by atoms with Crippen molar-refractivity contribution in [3.63, 3.8) is 0 Å². The van der Waals surface area contributed by atoms with E-state index in [-0.39, 0.29) is 31.3 Å². The van der Waals surface area contributed by atoms with Crippen LogP contribution in [0.3, 0.4) is 0 Å². The van der Waals surface area contributed by atoms with Gasteiger partial charge in [0.2, 0.25) is 17.7 Å². The second-order valence-electron chi connectivity index (χ2n) is 7.40. The summed E-state index contributed by atoms with van der Waals surface area (Å²) in [5, 5.41) is 0. The molecular formula is C23H27N3O5. The van der Waals surface area contributed by atoms with Crippen molar-refractivity contribution in [2.45, 2.75) is 18.9 Å². The van der Waals surface area contributed by atoms with Gasteiger partial charge in [0.25, 0.3) is 0 Å². The van der Waals surface area contributed by atoms with Gasteiger partial charge in [-0.05, 0) is 35.4 Å². The molecule has 1 atom stereocenters. The quantitative estimate of drug-likeness (QED) is 0.680. The average molecular weight is 425 g/mol. The minimum absolute atomic E-state index is 0.0742. The molecule has 1 unspecified atom stereocenters. The average Bonchev–Trinajstić information content (AvgIpc) is 2.78. The van der Waals surface area contributed by atoms with Crippen LogP contribution in [-0.2, 0) is 27.2 Å². The number of methoxy groups -OCH3 is 2. The molecule has 164 valence electrons. The Morgan fingerprint density at radius 1 is 1.00 bits per heavy atom. The van der Waals surface area contributed by atoms with E-state index in [2.05, 4.69) is 0 Å². The van der Waals surface area contributed by atoms with Crippen LogP contribution < -0.4 is 15.2 Å². The fraction of sp³-hybridized carbons (Fsp3) is 0.348. The zero-order valence-corrected chi connectivity index (χ0v) is 17.7. The van der Waals surface area contributed by atoms with Crippen LogP contribution in [0.2, 0.25) is 0 Å². The summed E-state index contributed by atoms with van der Waals surface area (Å²) in [5.41, 5.74) is 7.29. The van der Waals surface area contributed by atoms with Gasteiger partial charge < -0.3 is 25.0 Å². The summed E-state index contributed by atoms with van der Waals surface area (Å²) in [6.45, 7) is 0.530. The lowest BCUT2D eigenvalue weighted by Gasteiger charge is -2.38. The highest BCUT2D eigenvalue weighted by Gasteiger charge is 2.34. The van der Waals surface area contributed by atoms with Gasteiger partial charge in [0.05, 0.1) is 27.2 Å². The zero-order chi connectivity index (χ0) is 22.4. The van der Waals surface area contributed by atoms with Crippen LogP contribution in [-0.4, -0.2) is 67.4 Å². The highest BCUT2D eigenvalue weighted by molar-refractivity contribution is 5.91. The van der Waals surface area contributed by atoms with E-state index in [4.69, 9.17) is 15.2 Å². The van der Waals surface area contributed by atoms with Gasteiger partial charge in [-0.2, -0.15) is 0 Å². The first kappa shape index (κ1) is 22.1. The van der Waals surface area contributed by atoms with Crippen molar-refractivity contribution in [2.75, 3.05) is 33.9 Å². The van der Waals surface area contributed by atoms with Crippen molar-refractivity contribution in [3.8, 4) is 11.5 Å². The summed E-state index contributed by atoms with van der Waals surface area (Å²) in [6.07, 6.45) is 0.485. The molecule has 1 saturated heterocycles. The Bertz CT molecular complexity index is 944. The number of amides is 3. The molecule has 1 fully saturated rings. The Hall–Kier alpha value is -3.55. The zero-order valence-electron chi connectivity index (χ0n) is 17.7.